The number of aryl methyl sites for hydroxylation is 1. The predicted molar refractivity (Wildman–Crippen MR) is 80.5 cm³/mol. The average Bonchev–Trinajstić information content (AvgIpc) is 3.08. The van der Waals surface area contributed by atoms with Crippen LogP contribution in [0.25, 0.3) is 27.5 Å². The Labute approximate surface area is 128 Å². The first kappa shape index (κ1) is 13.8. The normalized spacial score (nSPS) is 12.3. The molecule has 0 saturated carbocycles. The summed E-state index contributed by atoms with van der Waals surface area (Å²) in [5.41, 5.74) is 1.92. The molecule has 7 heteroatoms. The third-order valence-corrected chi connectivity index (χ3v) is 3.78. The standard InChI is InChI=1S/C16H11F3N4/c1-9-2-5-14-10(6-9)8-20-23(14)11-3-4-13-12(7-11)15(22-21-13)16(17,18)19/h2-8H,1H3,(H,21,22). The minimum atomic E-state index is -4.50. The zero-order valence-corrected chi connectivity index (χ0v) is 12.0. The quantitative estimate of drug-likeness (QED) is 0.571. The van der Waals surface area contributed by atoms with Crippen LogP contribution in [-0.2, 0) is 6.18 Å². The van der Waals surface area contributed by atoms with Crippen LogP contribution in [-0.4, -0.2) is 20.0 Å². The van der Waals surface area contributed by atoms with E-state index in [0.29, 0.717) is 11.2 Å². The van der Waals surface area contributed by atoms with Gasteiger partial charge in [-0.3, -0.25) is 5.10 Å². The molecule has 116 valence electrons. The van der Waals surface area contributed by atoms with Crippen molar-refractivity contribution in [1.29, 1.82) is 0 Å². The summed E-state index contributed by atoms with van der Waals surface area (Å²) >= 11 is 0. The second-order valence-corrected chi connectivity index (χ2v) is 5.42. The average molecular weight is 316 g/mol. The highest BCUT2D eigenvalue weighted by atomic mass is 19.4. The van der Waals surface area contributed by atoms with Crippen LogP contribution in [0.3, 0.4) is 0 Å². The van der Waals surface area contributed by atoms with E-state index in [4.69, 9.17) is 0 Å². The first-order valence-electron chi connectivity index (χ1n) is 6.93. The van der Waals surface area contributed by atoms with Gasteiger partial charge in [0.05, 0.1) is 22.9 Å². The molecule has 0 aliphatic rings. The Kier molecular flexibility index (Phi) is 2.75. The summed E-state index contributed by atoms with van der Waals surface area (Å²) in [6.07, 6.45) is -2.80. The zero-order valence-electron chi connectivity index (χ0n) is 12.0. The van der Waals surface area contributed by atoms with Gasteiger partial charge >= 0.3 is 6.18 Å². The number of fused-ring (bicyclic) bond motifs is 2. The van der Waals surface area contributed by atoms with Gasteiger partial charge in [0.2, 0.25) is 0 Å². The maximum Gasteiger partial charge on any atom is 0.435 e. The molecule has 0 unspecified atom stereocenters. The van der Waals surface area contributed by atoms with Crippen LogP contribution in [0.4, 0.5) is 13.2 Å². The van der Waals surface area contributed by atoms with Crippen LogP contribution in [0, 0.1) is 6.92 Å². The van der Waals surface area contributed by atoms with E-state index in [1.54, 1.807) is 23.0 Å². The number of nitrogens with one attached hydrogen (secondary N) is 1. The van der Waals surface area contributed by atoms with Crippen LogP contribution in [0.5, 0.6) is 0 Å². The zero-order chi connectivity index (χ0) is 16.2. The first-order valence-corrected chi connectivity index (χ1v) is 6.93. The highest BCUT2D eigenvalue weighted by Crippen LogP contribution is 2.34. The van der Waals surface area contributed by atoms with Crippen LogP contribution in [0.1, 0.15) is 11.3 Å². The summed E-state index contributed by atoms with van der Waals surface area (Å²) in [5.74, 6) is 0. The molecule has 0 aliphatic carbocycles. The molecule has 2 heterocycles. The van der Waals surface area contributed by atoms with E-state index in [2.05, 4.69) is 15.3 Å². The predicted octanol–water partition coefficient (Wildman–Crippen LogP) is 4.23. The summed E-state index contributed by atoms with van der Waals surface area (Å²) in [4.78, 5) is 0. The Balaban J connectivity index is 1.94. The number of benzene rings is 2. The van der Waals surface area contributed by atoms with E-state index in [-0.39, 0.29) is 5.39 Å². The largest absolute Gasteiger partial charge is 0.435 e. The Hall–Kier alpha value is -2.83. The fourth-order valence-corrected chi connectivity index (χ4v) is 2.71. The molecule has 0 saturated heterocycles. The third-order valence-electron chi connectivity index (χ3n) is 3.78. The van der Waals surface area contributed by atoms with Gasteiger partial charge in [0.25, 0.3) is 0 Å². The summed E-state index contributed by atoms with van der Waals surface area (Å²) in [6, 6.07) is 10.6. The number of aromatic amines is 1. The Bertz CT molecular complexity index is 1030. The van der Waals surface area contributed by atoms with Crippen molar-refractivity contribution in [3.05, 3.63) is 53.9 Å². The molecule has 0 fully saturated rings. The van der Waals surface area contributed by atoms with E-state index in [1.807, 2.05) is 25.1 Å². The van der Waals surface area contributed by atoms with Gasteiger partial charge in [0.1, 0.15) is 0 Å². The number of rotatable bonds is 1. The molecule has 0 radical (unpaired) electrons. The Morgan fingerprint density at radius 2 is 1.91 bits per heavy atom. The third kappa shape index (κ3) is 2.16. The summed E-state index contributed by atoms with van der Waals surface area (Å²) in [7, 11) is 0. The van der Waals surface area contributed by atoms with Gasteiger partial charge in [-0.05, 0) is 37.3 Å². The number of nitrogens with zero attached hydrogens (tertiary/aromatic N) is 3. The SMILES string of the molecule is Cc1ccc2c(cnn2-c2ccc3[nH]nc(C(F)(F)F)c3c2)c1. The van der Waals surface area contributed by atoms with Crippen molar-refractivity contribution >= 4 is 21.8 Å². The lowest BCUT2D eigenvalue weighted by molar-refractivity contribution is -0.139. The molecule has 1 N–H and O–H groups in total. The number of alkyl halides is 3. The Morgan fingerprint density at radius 1 is 1.09 bits per heavy atom. The molecule has 0 spiro atoms. The molecule has 0 aliphatic heterocycles. The van der Waals surface area contributed by atoms with Gasteiger partial charge < -0.3 is 0 Å². The lowest BCUT2D eigenvalue weighted by atomic mass is 10.1. The number of halogens is 3. The summed E-state index contributed by atoms with van der Waals surface area (Å²) in [6.45, 7) is 1.98. The molecule has 0 bridgehead atoms. The van der Waals surface area contributed by atoms with E-state index < -0.39 is 11.9 Å². The van der Waals surface area contributed by atoms with Crippen LogP contribution < -0.4 is 0 Å². The number of hydrogen-bond acceptors (Lipinski definition) is 2. The van der Waals surface area contributed by atoms with Crippen molar-refractivity contribution in [1.82, 2.24) is 20.0 Å². The minimum Gasteiger partial charge on any atom is -0.277 e. The fraction of sp³-hybridized carbons (Fsp3) is 0.125. The number of hydrogen-bond donors (Lipinski definition) is 1. The second-order valence-electron chi connectivity index (χ2n) is 5.42. The van der Waals surface area contributed by atoms with Crippen molar-refractivity contribution in [3.63, 3.8) is 0 Å². The Morgan fingerprint density at radius 3 is 2.70 bits per heavy atom. The van der Waals surface area contributed by atoms with Crippen molar-refractivity contribution in [3.8, 4) is 5.69 Å². The van der Waals surface area contributed by atoms with E-state index in [9.17, 15) is 13.2 Å². The van der Waals surface area contributed by atoms with Crippen LogP contribution in [0.2, 0.25) is 0 Å². The molecule has 4 aromatic rings. The minimum absolute atomic E-state index is 0.0331. The van der Waals surface area contributed by atoms with Crippen molar-refractivity contribution in [2.45, 2.75) is 13.1 Å². The lowest BCUT2D eigenvalue weighted by Gasteiger charge is -2.06. The maximum atomic E-state index is 13.0. The highest BCUT2D eigenvalue weighted by Gasteiger charge is 2.35. The van der Waals surface area contributed by atoms with Crippen LogP contribution >= 0.6 is 0 Å². The van der Waals surface area contributed by atoms with Gasteiger partial charge in [-0.1, -0.05) is 11.6 Å². The molecular weight excluding hydrogens is 305 g/mol. The van der Waals surface area contributed by atoms with Gasteiger partial charge in [-0.2, -0.15) is 23.4 Å². The molecule has 2 aromatic carbocycles. The van der Waals surface area contributed by atoms with Gasteiger partial charge in [0, 0.05) is 10.8 Å². The number of H-pyrrole nitrogens is 1. The molecule has 0 atom stereocenters. The second kappa shape index (κ2) is 4.58. The molecule has 0 amide bonds. The van der Waals surface area contributed by atoms with E-state index in [0.717, 1.165) is 16.5 Å². The maximum absolute atomic E-state index is 13.0. The smallest absolute Gasteiger partial charge is 0.277 e. The van der Waals surface area contributed by atoms with Crippen molar-refractivity contribution < 1.29 is 13.2 Å². The van der Waals surface area contributed by atoms with Crippen molar-refractivity contribution in [2.75, 3.05) is 0 Å². The monoisotopic (exact) mass is 316 g/mol. The first-order chi connectivity index (χ1) is 10.9. The van der Waals surface area contributed by atoms with Gasteiger partial charge in [-0.15, -0.1) is 0 Å². The topological polar surface area (TPSA) is 46.5 Å². The molecule has 23 heavy (non-hydrogen) atoms. The van der Waals surface area contributed by atoms with Gasteiger partial charge in [-0.25, -0.2) is 4.68 Å². The van der Waals surface area contributed by atoms with Crippen LogP contribution in [0.15, 0.2) is 42.6 Å². The summed E-state index contributed by atoms with van der Waals surface area (Å²) < 4.78 is 40.7. The lowest BCUT2D eigenvalue weighted by Crippen LogP contribution is -2.06. The summed E-state index contributed by atoms with van der Waals surface area (Å²) in [5, 5.41) is 11.1. The van der Waals surface area contributed by atoms with Crippen molar-refractivity contribution in [2.24, 2.45) is 0 Å². The van der Waals surface area contributed by atoms with E-state index >= 15 is 0 Å². The molecular formula is C16H11F3N4. The van der Waals surface area contributed by atoms with Gasteiger partial charge in [0.15, 0.2) is 5.69 Å². The highest BCUT2D eigenvalue weighted by molar-refractivity contribution is 5.86. The fourth-order valence-electron chi connectivity index (χ4n) is 2.71. The molecule has 4 rings (SSSR count). The molecule has 4 nitrogen and oxygen atoms in total. The number of aromatic nitrogens is 4. The molecule has 2 aromatic heterocycles. The van der Waals surface area contributed by atoms with E-state index in [1.165, 1.54) is 6.07 Å².